The molecule has 0 saturated carbocycles. The first-order valence-corrected chi connectivity index (χ1v) is 9.54. The van der Waals surface area contributed by atoms with Crippen LogP contribution in [0, 0.1) is 0 Å². The monoisotopic (exact) mass is 375 g/mol. The van der Waals surface area contributed by atoms with Crippen LogP contribution in [0.2, 0.25) is 0 Å². The smallest absolute Gasteiger partial charge is 0.312 e. The zero-order chi connectivity index (χ0) is 18.8. The van der Waals surface area contributed by atoms with E-state index in [1.165, 1.54) is 11.3 Å². The maximum absolute atomic E-state index is 12.3. The molecule has 4 N–H and O–H groups in total. The number of hydrogen-bond donors (Lipinski definition) is 3. The Balaban J connectivity index is 1.87. The minimum absolute atomic E-state index is 0.135. The van der Waals surface area contributed by atoms with E-state index >= 15 is 0 Å². The van der Waals surface area contributed by atoms with Gasteiger partial charge in [0.05, 0.1) is 19.1 Å². The second-order valence-electron chi connectivity index (χ2n) is 5.91. The van der Waals surface area contributed by atoms with Gasteiger partial charge in [-0.15, -0.1) is 11.3 Å². The van der Waals surface area contributed by atoms with Crippen molar-refractivity contribution < 1.29 is 14.3 Å². The summed E-state index contributed by atoms with van der Waals surface area (Å²) in [6.45, 7) is 3.21. The third-order valence-corrected chi connectivity index (χ3v) is 4.73. The van der Waals surface area contributed by atoms with Gasteiger partial charge in [0.25, 0.3) is 0 Å². The van der Waals surface area contributed by atoms with Gasteiger partial charge in [-0.05, 0) is 35.6 Å². The van der Waals surface area contributed by atoms with Crippen molar-refractivity contribution in [2.45, 2.75) is 38.8 Å². The molecule has 0 aliphatic carbocycles. The van der Waals surface area contributed by atoms with Crippen LogP contribution in [0.15, 0.2) is 41.8 Å². The van der Waals surface area contributed by atoms with Crippen molar-refractivity contribution in [3.05, 3.63) is 52.2 Å². The van der Waals surface area contributed by atoms with E-state index in [1.54, 1.807) is 0 Å². The standard InChI is InChI=1S/C19H25N3O3S/c1-2-3-9-25-15-7-4-6-14(11-15)13-21-18(23)12-16(22-19(20)24)17-8-5-10-26-17/h4-8,10-11,16H,2-3,9,12-13H2,1H3,(H,21,23)(H3,20,22,24). The number of hydrogen-bond acceptors (Lipinski definition) is 4. The van der Waals surface area contributed by atoms with E-state index in [-0.39, 0.29) is 12.3 Å². The lowest BCUT2D eigenvalue weighted by atomic mass is 10.1. The Bertz CT molecular complexity index is 704. The third-order valence-electron chi connectivity index (χ3n) is 3.75. The van der Waals surface area contributed by atoms with E-state index < -0.39 is 12.1 Å². The molecule has 1 atom stereocenters. The predicted octanol–water partition coefficient (Wildman–Crippen LogP) is 3.34. The molecule has 0 bridgehead atoms. The van der Waals surface area contributed by atoms with Gasteiger partial charge in [0.2, 0.25) is 5.91 Å². The fourth-order valence-electron chi connectivity index (χ4n) is 2.42. The van der Waals surface area contributed by atoms with E-state index in [0.717, 1.165) is 29.0 Å². The summed E-state index contributed by atoms with van der Waals surface area (Å²) in [6, 6.07) is 10.4. The number of carbonyl (C=O) groups excluding carboxylic acids is 2. The molecule has 0 saturated heterocycles. The first-order valence-electron chi connectivity index (χ1n) is 8.66. The van der Waals surface area contributed by atoms with Crippen LogP contribution in [0.5, 0.6) is 5.75 Å². The van der Waals surface area contributed by atoms with Gasteiger partial charge in [-0.2, -0.15) is 0 Å². The quantitative estimate of drug-likeness (QED) is 0.556. The van der Waals surface area contributed by atoms with Crippen LogP contribution in [0.3, 0.4) is 0 Å². The summed E-state index contributed by atoms with van der Waals surface area (Å²) in [5.74, 6) is 0.645. The van der Waals surface area contributed by atoms with Crippen LogP contribution in [-0.2, 0) is 11.3 Å². The molecule has 0 aliphatic heterocycles. The van der Waals surface area contributed by atoms with E-state index in [9.17, 15) is 9.59 Å². The zero-order valence-corrected chi connectivity index (χ0v) is 15.7. The second-order valence-corrected chi connectivity index (χ2v) is 6.89. The Kier molecular flexibility index (Phi) is 7.95. The molecule has 0 radical (unpaired) electrons. The fraction of sp³-hybridized carbons (Fsp3) is 0.368. The van der Waals surface area contributed by atoms with Crippen molar-refractivity contribution in [3.8, 4) is 5.75 Å². The number of benzene rings is 1. The molecule has 2 rings (SSSR count). The number of primary amides is 1. The highest BCUT2D eigenvalue weighted by molar-refractivity contribution is 7.10. The van der Waals surface area contributed by atoms with Gasteiger partial charge in [0, 0.05) is 11.4 Å². The lowest BCUT2D eigenvalue weighted by molar-refractivity contribution is -0.121. The van der Waals surface area contributed by atoms with Gasteiger partial charge in [-0.1, -0.05) is 31.5 Å². The van der Waals surface area contributed by atoms with E-state index in [0.29, 0.717) is 13.2 Å². The molecular weight excluding hydrogens is 350 g/mol. The van der Waals surface area contributed by atoms with Crippen molar-refractivity contribution in [2.24, 2.45) is 5.73 Å². The van der Waals surface area contributed by atoms with Crippen molar-refractivity contribution in [2.75, 3.05) is 6.61 Å². The van der Waals surface area contributed by atoms with Crippen LogP contribution < -0.4 is 21.1 Å². The average molecular weight is 375 g/mol. The van der Waals surface area contributed by atoms with Gasteiger partial charge < -0.3 is 21.1 Å². The average Bonchev–Trinajstić information content (AvgIpc) is 3.14. The highest BCUT2D eigenvalue weighted by Crippen LogP contribution is 2.22. The van der Waals surface area contributed by atoms with E-state index in [4.69, 9.17) is 10.5 Å². The number of thiophene rings is 1. The summed E-state index contributed by atoms with van der Waals surface area (Å²) in [5, 5.41) is 7.39. The number of ether oxygens (including phenoxy) is 1. The zero-order valence-electron chi connectivity index (χ0n) is 14.9. The van der Waals surface area contributed by atoms with Crippen LogP contribution in [0.4, 0.5) is 4.79 Å². The summed E-state index contributed by atoms with van der Waals surface area (Å²) in [4.78, 5) is 24.3. The number of unbranched alkanes of at least 4 members (excludes halogenated alkanes) is 1. The number of nitrogens with one attached hydrogen (secondary N) is 2. The summed E-state index contributed by atoms with van der Waals surface area (Å²) in [5.41, 5.74) is 6.18. The molecule has 1 aromatic heterocycles. The Morgan fingerprint density at radius 2 is 2.12 bits per heavy atom. The summed E-state index contributed by atoms with van der Waals surface area (Å²) < 4.78 is 5.68. The SMILES string of the molecule is CCCCOc1cccc(CNC(=O)CC(NC(N)=O)c2cccs2)c1. The van der Waals surface area contributed by atoms with Crippen molar-refractivity contribution in [3.63, 3.8) is 0 Å². The molecule has 0 spiro atoms. The van der Waals surface area contributed by atoms with E-state index in [1.807, 2.05) is 41.8 Å². The Hall–Kier alpha value is -2.54. The second kappa shape index (κ2) is 10.5. The molecular formula is C19H25N3O3S. The Labute approximate surface area is 157 Å². The fourth-order valence-corrected chi connectivity index (χ4v) is 3.20. The van der Waals surface area contributed by atoms with Crippen LogP contribution >= 0.6 is 11.3 Å². The Morgan fingerprint density at radius 3 is 2.81 bits per heavy atom. The number of nitrogens with two attached hydrogens (primary N) is 1. The van der Waals surface area contributed by atoms with Gasteiger partial charge in [-0.25, -0.2) is 4.79 Å². The van der Waals surface area contributed by atoms with Gasteiger partial charge in [-0.3, -0.25) is 4.79 Å². The van der Waals surface area contributed by atoms with Crippen LogP contribution in [-0.4, -0.2) is 18.5 Å². The van der Waals surface area contributed by atoms with E-state index in [2.05, 4.69) is 17.6 Å². The van der Waals surface area contributed by atoms with Gasteiger partial charge in [0.15, 0.2) is 0 Å². The minimum Gasteiger partial charge on any atom is -0.494 e. The maximum atomic E-state index is 12.3. The van der Waals surface area contributed by atoms with Crippen LogP contribution in [0.25, 0.3) is 0 Å². The third kappa shape index (κ3) is 6.76. The maximum Gasteiger partial charge on any atom is 0.312 e. The van der Waals surface area contributed by atoms with Crippen molar-refractivity contribution >= 4 is 23.3 Å². The molecule has 0 aliphatic rings. The molecule has 26 heavy (non-hydrogen) atoms. The normalized spacial score (nSPS) is 11.6. The molecule has 1 heterocycles. The number of rotatable bonds is 10. The molecule has 6 nitrogen and oxygen atoms in total. The topological polar surface area (TPSA) is 93.4 Å². The lowest BCUT2D eigenvalue weighted by Gasteiger charge is -2.16. The van der Waals surface area contributed by atoms with Gasteiger partial charge in [0.1, 0.15) is 5.75 Å². The highest BCUT2D eigenvalue weighted by Gasteiger charge is 2.18. The number of carbonyl (C=O) groups is 2. The van der Waals surface area contributed by atoms with Crippen molar-refractivity contribution in [1.82, 2.24) is 10.6 Å². The first-order chi connectivity index (χ1) is 12.6. The number of urea groups is 1. The first kappa shape index (κ1) is 19.8. The molecule has 1 aromatic carbocycles. The highest BCUT2D eigenvalue weighted by atomic mass is 32.1. The molecule has 7 heteroatoms. The molecule has 1 unspecified atom stereocenters. The Morgan fingerprint density at radius 1 is 1.27 bits per heavy atom. The lowest BCUT2D eigenvalue weighted by Crippen LogP contribution is -2.36. The summed E-state index contributed by atoms with van der Waals surface area (Å²) in [6.07, 6.45) is 2.23. The van der Waals surface area contributed by atoms with Crippen molar-refractivity contribution in [1.29, 1.82) is 0 Å². The number of amides is 3. The van der Waals surface area contributed by atoms with Gasteiger partial charge >= 0.3 is 6.03 Å². The van der Waals surface area contributed by atoms with Crippen LogP contribution in [0.1, 0.15) is 42.7 Å². The molecule has 3 amide bonds. The summed E-state index contributed by atoms with van der Waals surface area (Å²) in [7, 11) is 0. The predicted molar refractivity (Wildman–Crippen MR) is 103 cm³/mol. The summed E-state index contributed by atoms with van der Waals surface area (Å²) >= 11 is 1.47. The molecule has 0 fully saturated rings. The molecule has 140 valence electrons. The largest absolute Gasteiger partial charge is 0.494 e. The minimum atomic E-state index is -0.645. The molecule has 2 aromatic rings.